The molecule has 3 aromatic rings. The Morgan fingerprint density at radius 2 is 1.32 bits per heavy atom. The minimum Gasteiger partial charge on any atom is -0.449 e. The van der Waals surface area contributed by atoms with E-state index in [2.05, 4.69) is 24.4 Å². The quantitative estimate of drug-likeness (QED) is 0.416. The summed E-state index contributed by atoms with van der Waals surface area (Å²) >= 11 is 5.28. The molecule has 5 nitrogen and oxygen atoms in total. The maximum atomic E-state index is 12.8. The third-order valence-electron chi connectivity index (χ3n) is 5.96. The van der Waals surface area contributed by atoms with E-state index in [1.807, 2.05) is 78.9 Å². The van der Waals surface area contributed by atoms with Gasteiger partial charge in [0.25, 0.3) is 0 Å². The standard InChI is InChI=1S/C28H29NO4S/c1-20(17-21-11-5-2-6-12-21)25-26(33-28(34)32-25)24(18-22-13-7-3-8-14-22)29-27(30)31-19-23-15-9-4-10-16-23/h2-16,20,24-26H,17-19H2,1H3,(H,29,30)/t20-,24-,25+,26+/m0/s1. The fraction of sp³-hybridized carbons (Fsp3) is 0.286. The molecule has 6 heteroatoms. The molecule has 0 bridgehead atoms. The fourth-order valence-corrected chi connectivity index (χ4v) is 4.49. The second-order valence-corrected chi connectivity index (χ2v) is 8.92. The Morgan fingerprint density at radius 3 is 1.91 bits per heavy atom. The molecule has 1 amide bonds. The summed E-state index contributed by atoms with van der Waals surface area (Å²) in [5, 5.41) is 3.14. The molecule has 1 fully saturated rings. The second kappa shape index (κ2) is 11.7. The highest BCUT2D eigenvalue weighted by Crippen LogP contribution is 2.29. The minimum atomic E-state index is -0.499. The molecule has 0 aliphatic carbocycles. The van der Waals surface area contributed by atoms with Crippen molar-refractivity contribution >= 4 is 23.5 Å². The van der Waals surface area contributed by atoms with Crippen LogP contribution in [0.2, 0.25) is 0 Å². The first kappa shape index (κ1) is 23.8. The van der Waals surface area contributed by atoms with Gasteiger partial charge >= 0.3 is 11.3 Å². The molecule has 4 atom stereocenters. The third kappa shape index (κ3) is 6.58. The lowest BCUT2D eigenvalue weighted by molar-refractivity contribution is 0.0709. The van der Waals surface area contributed by atoms with Crippen LogP contribution >= 0.6 is 12.2 Å². The van der Waals surface area contributed by atoms with Crippen LogP contribution in [0, 0.1) is 5.92 Å². The maximum Gasteiger partial charge on any atom is 0.407 e. The highest BCUT2D eigenvalue weighted by atomic mass is 32.1. The summed E-state index contributed by atoms with van der Waals surface area (Å²) < 4.78 is 17.4. The molecular formula is C28H29NO4S. The van der Waals surface area contributed by atoms with Gasteiger partial charge in [0.15, 0.2) is 6.10 Å². The van der Waals surface area contributed by atoms with Crippen molar-refractivity contribution < 1.29 is 19.0 Å². The summed E-state index contributed by atoms with van der Waals surface area (Å²) in [5.41, 5.74) is 3.21. The molecular weight excluding hydrogens is 446 g/mol. The molecule has 34 heavy (non-hydrogen) atoms. The molecule has 1 N–H and O–H groups in total. The van der Waals surface area contributed by atoms with Crippen molar-refractivity contribution in [3.05, 3.63) is 108 Å². The van der Waals surface area contributed by atoms with Gasteiger partial charge in [-0.25, -0.2) is 4.79 Å². The van der Waals surface area contributed by atoms with E-state index in [1.54, 1.807) is 0 Å². The Morgan fingerprint density at radius 1 is 0.824 bits per heavy atom. The first-order valence-electron chi connectivity index (χ1n) is 11.5. The Bertz CT molecular complexity index is 1060. The largest absolute Gasteiger partial charge is 0.449 e. The summed E-state index contributed by atoms with van der Waals surface area (Å²) in [7, 11) is 0. The van der Waals surface area contributed by atoms with Crippen molar-refractivity contribution in [1.82, 2.24) is 5.32 Å². The molecule has 3 aromatic carbocycles. The zero-order valence-corrected chi connectivity index (χ0v) is 19.9. The summed E-state index contributed by atoms with van der Waals surface area (Å²) in [6, 6.07) is 29.4. The highest BCUT2D eigenvalue weighted by Gasteiger charge is 2.43. The first-order valence-corrected chi connectivity index (χ1v) is 11.9. The van der Waals surface area contributed by atoms with Gasteiger partial charge < -0.3 is 19.5 Å². The third-order valence-corrected chi connectivity index (χ3v) is 6.15. The number of nitrogens with one attached hydrogen (secondary N) is 1. The molecule has 0 spiro atoms. The summed E-state index contributed by atoms with van der Waals surface area (Å²) in [5.74, 6) is 0.119. The highest BCUT2D eigenvalue weighted by molar-refractivity contribution is 7.79. The van der Waals surface area contributed by atoms with Gasteiger partial charge in [0.2, 0.25) is 0 Å². The average molecular weight is 476 g/mol. The van der Waals surface area contributed by atoms with Crippen LogP contribution in [-0.4, -0.2) is 29.6 Å². The van der Waals surface area contributed by atoms with Gasteiger partial charge in [0.05, 0.1) is 6.04 Å². The normalized spacial score (nSPS) is 18.9. The number of carbonyl (C=O) groups is 1. The zero-order valence-electron chi connectivity index (χ0n) is 19.1. The Balaban J connectivity index is 1.48. The van der Waals surface area contributed by atoms with Crippen molar-refractivity contribution in [1.29, 1.82) is 0 Å². The number of hydrogen-bond donors (Lipinski definition) is 1. The van der Waals surface area contributed by atoms with Gasteiger partial charge in [0.1, 0.15) is 12.7 Å². The average Bonchev–Trinajstić information content (AvgIpc) is 3.26. The van der Waals surface area contributed by atoms with Gasteiger partial charge in [-0.05, 0) is 29.5 Å². The first-order chi connectivity index (χ1) is 16.6. The van der Waals surface area contributed by atoms with Crippen LogP contribution in [0.15, 0.2) is 91.0 Å². The van der Waals surface area contributed by atoms with Gasteiger partial charge in [-0.1, -0.05) is 97.9 Å². The van der Waals surface area contributed by atoms with Crippen molar-refractivity contribution in [2.45, 2.75) is 44.6 Å². The predicted molar refractivity (Wildman–Crippen MR) is 135 cm³/mol. The van der Waals surface area contributed by atoms with E-state index >= 15 is 0 Å². The number of hydrogen-bond acceptors (Lipinski definition) is 5. The molecule has 0 aromatic heterocycles. The number of alkyl carbamates (subject to hydrolysis) is 1. The fourth-order valence-electron chi connectivity index (χ4n) is 4.27. The zero-order chi connectivity index (χ0) is 23.8. The summed E-state index contributed by atoms with van der Waals surface area (Å²) in [6.45, 7) is 2.31. The van der Waals surface area contributed by atoms with Crippen molar-refractivity contribution in [3.63, 3.8) is 0 Å². The van der Waals surface area contributed by atoms with E-state index < -0.39 is 12.2 Å². The molecule has 1 saturated heterocycles. The molecule has 4 rings (SSSR count). The molecule has 0 radical (unpaired) electrons. The number of rotatable bonds is 9. The van der Waals surface area contributed by atoms with Crippen LogP contribution in [0.3, 0.4) is 0 Å². The number of thiocarbonyl (C=S) groups is 1. The molecule has 1 heterocycles. The van der Waals surface area contributed by atoms with E-state index in [0.717, 1.165) is 17.5 Å². The Kier molecular flexibility index (Phi) is 8.15. The Labute approximate surface area is 206 Å². The van der Waals surface area contributed by atoms with Gasteiger partial charge in [-0.2, -0.15) is 0 Å². The molecule has 1 aliphatic heterocycles. The lowest BCUT2D eigenvalue weighted by atomic mass is 9.88. The van der Waals surface area contributed by atoms with Crippen LogP contribution < -0.4 is 5.32 Å². The molecule has 176 valence electrons. The van der Waals surface area contributed by atoms with Gasteiger partial charge in [0, 0.05) is 18.1 Å². The van der Waals surface area contributed by atoms with Crippen LogP contribution in [-0.2, 0) is 33.7 Å². The Hall–Kier alpha value is -3.38. The lowest BCUT2D eigenvalue weighted by Gasteiger charge is -2.29. The smallest absolute Gasteiger partial charge is 0.407 e. The molecule has 0 saturated carbocycles. The van der Waals surface area contributed by atoms with Crippen LogP contribution in [0.4, 0.5) is 4.79 Å². The van der Waals surface area contributed by atoms with E-state index in [9.17, 15) is 4.79 Å². The minimum absolute atomic E-state index is 0.118. The summed E-state index contributed by atoms with van der Waals surface area (Å²) in [6.07, 6.45) is 0.143. The van der Waals surface area contributed by atoms with Gasteiger partial charge in [-0.3, -0.25) is 0 Å². The van der Waals surface area contributed by atoms with Crippen molar-refractivity contribution in [3.8, 4) is 0 Å². The number of ether oxygens (including phenoxy) is 3. The van der Waals surface area contributed by atoms with E-state index in [4.69, 9.17) is 26.4 Å². The van der Waals surface area contributed by atoms with E-state index in [0.29, 0.717) is 6.42 Å². The monoisotopic (exact) mass is 475 g/mol. The topological polar surface area (TPSA) is 56.8 Å². The van der Waals surface area contributed by atoms with Crippen LogP contribution in [0.25, 0.3) is 0 Å². The van der Waals surface area contributed by atoms with Crippen molar-refractivity contribution in [2.24, 2.45) is 5.92 Å². The van der Waals surface area contributed by atoms with Gasteiger partial charge in [-0.15, -0.1) is 0 Å². The van der Waals surface area contributed by atoms with Crippen LogP contribution in [0.1, 0.15) is 23.6 Å². The predicted octanol–water partition coefficient (Wildman–Crippen LogP) is 5.47. The number of benzene rings is 3. The summed E-state index contributed by atoms with van der Waals surface area (Å²) in [4.78, 5) is 12.8. The lowest BCUT2D eigenvalue weighted by Crippen LogP contribution is -2.50. The molecule has 1 aliphatic rings. The number of amides is 1. The SMILES string of the molecule is C[C@@H](Cc1ccccc1)[C@H]1OC(=S)O[C@@H]1[C@H](Cc1ccccc1)NC(=O)OCc1ccccc1. The van der Waals surface area contributed by atoms with E-state index in [-0.39, 0.29) is 29.9 Å². The maximum absolute atomic E-state index is 12.8. The van der Waals surface area contributed by atoms with Crippen LogP contribution in [0.5, 0.6) is 0 Å². The van der Waals surface area contributed by atoms with E-state index in [1.165, 1.54) is 5.56 Å². The number of carbonyl (C=O) groups excluding carboxylic acids is 1. The second-order valence-electron chi connectivity index (χ2n) is 8.58. The van der Waals surface area contributed by atoms with Crippen molar-refractivity contribution in [2.75, 3.05) is 0 Å². The molecule has 0 unspecified atom stereocenters.